The number of nitrogens with zero attached hydrogens (tertiary/aromatic N) is 9. The summed E-state index contributed by atoms with van der Waals surface area (Å²) in [6, 6.07) is 16.6. The van der Waals surface area contributed by atoms with E-state index in [9.17, 15) is 60.7 Å². The Balaban J connectivity index is 0.000000273. The Morgan fingerprint density at radius 2 is 0.942 bits per heavy atom. The quantitative estimate of drug-likeness (QED) is 0.136. The molecule has 52 heavy (non-hydrogen) atoms. The predicted octanol–water partition coefficient (Wildman–Crippen LogP) is 4.93. The highest BCUT2D eigenvalue weighted by atomic mass is 16.7. The van der Waals surface area contributed by atoms with Gasteiger partial charge in [0.15, 0.2) is 0 Å². The average molecular weight is 728 g/mol. The van der Waals surface area contributed by atoms with Gasteiger partial charge in [0.05, 0.1) is 53.8 Å². The normalized spacial score (nSPS) is 10.1. The summed E-state index contributed by atoms with van der Waals surface area (Å²) in [4.78, 5) is 64.3. The summed E-state index contributed by atoms with van der Waals surface area (Å²) in [5, 5.41) is 80.4. The van der Waals surface area contributed by atoms with Crippen LogP contribution >= 0.6 is 0 Å². The van der Waals surface area contributed by atoms with Crippen LogP contribution in [0.2, 0.25) is 0 Å². The zero-order valence-electron chi connectivity index (χ0n) is 27.2. The maximum Gasteiger partial charge on any atom is 0.324 e. The molecule has 0 amide bonds. The Labute approximate surface area is 291 Å². The topological polar surface area (TPSA) is 319 Å². The van der Waals surface area contributed by atoms with Crippen LogP contribution in [-0.4, -0.2) is 83.4 Å². The maximum atomic E-state index is 10.4. The molecular formula is C29H29N9O14. The molecule has 0 fully saturated rings. The first kappa shape index (κ1) is 40.7. The van der Waals surface area contributed by atoms with Gasteiger partial charge in [-0.05, 0) is 50.3 Å². The fraction of sp³-hybridized carbons (Fsp3) is 0.207. The van der Waals surface area contributed by atoms with Crippen molar-refractivity contribution in [3.63, 3.8) is 0 Å². The zero-order chi connectivity index (χ0) is 39.1. The number of anilines is 1. The molecule has 0 aliphatic heterocycles. The van der Waals surface area contributed by atoms with Crippen LogP contribution in [0.4, 0.5) is 39.8 Å². The second-order valence-corrected chi connectivity index (χ2v) is 10.4. The van der Waals surface area contributed by atoms with Crippen LogP contribution in [0.25, 0.3) is 0 Å². The van der Waals surface area contributed by atoms with Crippen molar-refractivity contribution < 1.29 is 39.8 Å². The van der Waals surface area contributed by atoms with E-state index in [-0.39, 0.29) is 0 Å². The smallest absolute Gasteiger partial charge is 0.324 e. The van der Waals surface area contributed by atoms with Gasteiger partial charge in [-0.25, -0.2) is 0 Å². The van der Waals surface area contributed by atoms with E-state index >= 15 is 0 Å². The zero-order valence-corrected chi connectivity index (χ0v) is 27.2. The van der Waals surface area contributed by atoms with E-state index in [4.69, 9.17) is 10.2 Å². The van der Waals surface area contributed by atoms with Crippen molar-refractivity contribution >= 4 is 39.8 Å². The third-order valence-corrected chi connectivity index (χ3v) is 6.68. The molecule has 4 aromatic rings. The Morgan fingerprint density at radius 3 is 1.27 bits per heavy atom. The van der Waals surface area contributed by atoms with Crippen molar-refractivity contribution in [2.75, 3.05) is 38.6 Å². The second-order valence-electron chi connectivity index (χ2n) is 10.4. The van der Waals surface area contributed by atoms with Crippen molar-refractivity contribution in [1.82, 2.24) is 9.88 Å². The molecule has 0 bridgehead atoms. The van der Waals surface area contributed by atoms with Crippen LogP contribution < -0.4 is 4.90 Å². The highest BCUT2D eigenvalue weighted by Gasteiger charge is 2.31. The third kappa shape index (κ3) is 11.9. The predicted molar refractivity (Wildman–Crippen MR) is 181 cm³/mol. The van der Waals surface area contributed by atoms with Gasteiger partial charge >= 0.3 is 22.7 Å². The van der Waals surface area contributed by atoms with Crippen molar-refractivity contribution in [2.24, 2.45) is 0 Å². The maximum absolute atomic E-state index is 10.4. The van der Waals surface area contributed by atoms with Crippen LogP contribution in [-0.2, 0) is 6.42 Å². The number of nitro groups is 6. The second kappa shape index (κ2) is 18.9. The van der Waals surface area contributed by atoms with Crippen molar-refractivity contribution in [3.05, 3.63) is 145 Å². The van der Waals surface area contributed by atoms with Crippen LogP contribution in [0, 0.1) is 60.7 Å². The third-order valence-electron chi connectivity index (χ3n) is 6.68. The average Bonchev–Trinajstić information content (AvgIpc) is 3.09. The SMILES string of the molecule is CN(C)CCN(CCc1ccncc1)c1ccccc1.O=[N+]([O-])c1cc([N+](=O)[O-])c(O)c([N+](=O)[O-])c1.O=[N+]([O-])c1cc([N+](=O)[O-])c(O)c([N+](=O)[O-])c1. The molecule has 0 saturated carbocycles. The number of aromatic hydroxyl groups is 2. The summed E-state index contributed by atoms with van der Waals surface area (Å²) < 4.78 is 0. The number of pyridine rings is 1. The molecule has 3 aromatic carbocycles. The van der Waals surface area contributed by atoms with E-state index in [0.29, 0.717) is 24.3 Å². The van der Waals surface area contributed by atoms with Crippen LogP contribution in [0.1, 0.15) is 5.56 Å². The van der Waals surface area contributed by atoms with Crippen molar-refractivity contribution in [3.8, 4) is 11.5 Å². The Morgan fingerprint density at radius 1 is 0.558 bits per heavy atom. The van der Waals surface area contributed by atoms with Gasteiger partial charge in [0.2, 0.25) is 0 Å². The van der Waals surface area contributed by atoms with Crippen LogP contribution in [0.15, 0.2) is 79.1 Å². The number of para-hydroxylation sites is 1. The minimum Gasteiger partial charge on any atom is -0.497 e. The highest BCUT2D eigenvalue weighted by molar-refractivity contribution is 5.65. The fourth-order valence-electron chi connectivity index (χ4n) is 4.09. The van der Waals surface area contributed by atoms with Crippen LogP contribution in [0.5, 0.6) is 11.5 Å². The number of hydrogen-bond donors (Lipinski definition) is 2. The van der Waals surface area contributed by atoms with Crippen molar-refractivity contribution in [1.29, 1.82) is 0 Å². The summed E-state index contributed by atoms with van der Waals surface area (Å²) >= 11 is 0. The molecule has 274 valence electrons. The van der Waals surface area contributed by atoms with Gasteiger partial charge in [-0.15, -0.1) is 0 Å². The number of phenols is 2. The van der Waals surface area contributed by atoms with Gasteiger partial charge in [0.1, 0.15) is 0 Å². The van der Waals surface area contributed by atoms with Gasteiger partial charge in [0, 0.05) is 37.7 Å². The Hall–Kier alpha value is -7.43. The molecule has 0 atom stereocenters. The summed E-state index contributed by atoms with van der Waals surface area (Å²) in [6.45, 7) is 3.13. The number of phenolic OH excluding ortho intramolecular Hbond substituents is 2. The number of hydrogen-bond acceptors (Lipinski definition) is 17. The molecular weight excluding hydrogens is 698 g/mol. The molecule has 0 aliphatic rings. The number of nitro benzene ring substituents is 6. The molecule has 0 radical (unpaired) electrons. The first-order chi connectivity index (χ1) is 24.4. The van der Waals surface area contributed by atoms with Gasteiger partial charge in [-0.3, -0.25) is 65.7 Å². The number of non-ortho nitro benzene ring substituents is 2. The molecule has 23 nitrogen and oxygen atoms in total. The summed E-state index contributed by atoms with van der Waals surface area (Å²) in [7, 11) is 4.23. The highest BCUT2D eigenvalue weighted by Crippen LogP contribution is 2.40. The minimum absolute atomic E-state index is 0.447. The fourth-order valence-corrected chi connectivity index (χ4v) is 4.09. The lowest BCUT2D eigenvalue weighted by atomic mass is 10.2. The van der Waals surface area contributed by atoms with E-state index in [1.807, 2.05) is 12.4 Å². The molecule has 0 saturated heterocycles. The minimum atomic E-state index is -1.21. The first-order valence-corrected chi connectivity index (χ1v) is 14.4. The Bertz CT molecular complexity index is 1770. The largest absolute Gasteiger partial charge is 0.497 e. The monoisotopic (exact) mass is 727 g/mol. The molecule has 23 heteroatoms. The lowest BCUT2D eigenvalue weighted by Crippen LogP contribution is -2.33. The van der Waals surface area contributed by atoms with Crippen LogP contribution in [0.3, 0.4) is 0 Å². The van der Waals surface area contributed by atoms with Gasteiger partial charge in [0.25, 0.3) is 22.9 Å². The number of likely N-dealkylation sites (N-methyl/N-ethyl adjacent to an activating group) is 1. The van der Waals surface area contributed by atoms with E-state index < -0.39 is 75.2 Å². The van der Waals surface area contributed by atoms with E-state index in [0.717, 1.165) is 26.1 Å². The van der Waals surface area contributed by atoms with Crippen molar-refractivity contribution in [2.45, 2.75) is 6.42 Å². The molecule has 4 rings (SSSR count). The van der Waals surface area contributed by atoms with E-state index in [1.54, 1.807) is 0 Å². The molecule has 0 spiro atoms. The molecule has 0 unspecified atom stereocenters. The molecule has 0 aliphatic carbocycles. The first-order valence-electron chi connectivity index (χ1n) is 14.4. The van der Waals surface area contributed by atoms with E-state index in [2.05, 4.69) is 71.3 Å². The Kier molecular flexibility index (Phi) is 14.8. The molecule has 1 aromatic heterocycles. The number of rotatable bonds is 13. The molecule has 2 N–H and O–H groups in total. The lowest BCUT2D eigenvalue weighted by Gasteiger charge is -2.26. The number of benzene rings is 3. The van der Waals surface area contributed by atoms with Gasteiger partial charge in [-0.1, -0.05) is 18.2 Å². The summed E-state index contributed by atoms with van der Waals surface area (Å²) in [6.07, 6.45) is 4.77. The van der Waals surface area contributed by atoms with E-state index in [1.165, 1.54) is 11.3 Å². The summed E-state index contributed by atoms with van der Waals surface area (Å²) in [5.41, 5.74) is -3.37. The van der Waals surface area contributed by atoms with Gasteiger partial charge in [-0.2, -0.15) is 0 Å². The van der Waals surface area contributed by atoms with Gasteiger partial charge < -0.3 is 20.0 Å². The molecule has 1 heterocycles. The summed E-state index contributed by atoms with van der Waals surface area (Å²) in [5.74, 6) is -2.42. The standard InChI is InChI=1S/C17H23N3.2C6H3N3O7/c1-19(2)14-15-20(17-6-4-3-5-7-17)13-10-16-8-11-18-12-9-16;2*10-6-4(8(13)14)1-3(7(11)12)2-5(6)9(15)16/h3-9,11-12H,10,13-15H2,1-2H3;2*1-2,10H. The number of aromatic nitrogens is 1. The lowest BCUT2D eigenvalue weighted by molar-refractivity contribution is -0.404.